The van der Waals surface area contributed by atoms with Gasteiger partial charge in [-0.05, 0) is 46.3 Å². The number of anilines is 1. The minimum atomic E-state index is -2.94. The number of hydrogen-bond donors (Lipinski definition) is 1. The van der Waals surface area contributed by atoms with Gasteiger partial charge in [-0.3, -0.25) is 10.1 Å². The Morgan fingerprint density at radius 1 is 1.26 bits per heavy atom. The molecule has 0 saturated heterocycles. The zero-order chi connectivity index (χ0) is 19.4. The topological polar surface area (TPSA) is 60.5 Å². The number of ether oxygens (including phenoxy) is 2. The highest BCUT2D eigenvalue weighted by Crippen LogP contribution is 2.33. The maximum atomic E-state index is 12.6. The highest BCUT2D eigenvalue weighted by Gasteiger charge is 2.16. The monoisotopic (exact) mass is 454 g/mol. The maximum absolute atomic E-state index is 12.6. The quantitative estimate of drug-likeness (QED) is 0.538. The second-order valence-corrected chi connectivity index (χ2v) is 6.92. The van der Waals surface area contributed by atoms with Crippen LogP contribution in [0.3, 0.4) is 0 Å². The molecule has 9 heteroatoms. The lowest BCUT2D eigenvalue weighted by Gasteiger charge is -2.08. The van der Waals surface area contributed by atoms with E-state index in [0.29, 0.717) is 32.2 Å². The molecule has 3 rings (SSSR count). The lowest BCUT2D eigenvalue weighted by Crippen LogP contribution is -2.12. The molecule has 140 valence electrons. The van der Waals surface area contributed by atoms with Crippen LogP contribution in [0.2, 0.25) is 0 Å². The van der Waals surface area contributed by atoms with Crippen molar-refractivity contribution in [3.05, 3.63) is 57.9 Å². The van der Waals surface area contributed by atoms with Crippen molar-refractivity contribution in [2.75, 3.05) is 12.4 Å². The number of nitrogens with zero attached hydrogens (tertiary/aromatic N) is 1. The summed E-state index contributed by atoms with van der Waals surface area (Å²) in [5.74, 6) is 0.186. The Kier molecular flexibility index (Phi) is 6.02. The van der Waals surface area contributed by atoms with Crippen molar-refractivity contribution in [2.24, 2.45) is 0 Å². The molecule has 0 aliphatic carbocycles. The van der Waals surface area contributed by atoms with Crippen LogP contribution < -0.4 is 14.8 Å². The number of para-hydroxylation sites is 1. The molecule has 5 nitrogen and oxygen atoms in total. The van der Waals surface area contributed by atoms with Crippen LogP contribution >= 0.6 is 27.3 Å². The van der Waals surface area contributed by atoms with Gasteiger partial charge in [0.05, 0.1) is 18.4 Å². The molecule has 2 aromatic carbocycles. The molecule has 1 N–H and O–H groups in total. The molecule has 0 aliphatic heterocycles. The van der Waals surface area contributed by atoms with E-state index >= 15 is 0 Å². The van der Waals surface area contributed by atoms with Gasteiger partial charge in [0.15, 0.2) is 5.13 Å². The first kappa shape index (κ1) is 19.2. The van der Waals surface area contributed by atoms with E-state index in [9.17, 15) is 13.6 Å². The van der Waals surface area contributed by atoms with Crippen LogP contribution in [0.1, 0.15) is 10.4 Å². The molecule has 1 heterocycles. The number of aromatic nitrogens is 1. The first-order chi connectivity index (χ1) is 13.0. The molecule has 0 fully saturated rings. The maximum Gasteiger partial charge on any atom is 0.387 e. The Morgan fingerprint density at radius 3 is 2.78 bits per heavy atom. The largest absolute Gasteiger partial charge is 0.497 e. The van der Waals surface area contributed by atoms with E-state index in [1.165, 1.54) is 24.5 Å². The number of rotatable bonds is 6. The molecular formula is C18H13BrF2N2O3S. The highest BCUT2D eigenvalue weighted by atomic mass is 79.9. The summed E-state index contributed by atoms with van der Waals surface area (Å²) in [7, 11) is 1.51. The number of hydrogen-bond acceptors (Lipinski definition) is 5. The number of thiazole rings is 1. The van der Waals surface area contributed by atoms with Gasteiger partial charge >= 0.3 is 6.61 Å². The summed E-state index contributed by atoms with van der Waals surface area (Å²) in [6.45, 7) is -2.94. The first-order valence-electron chi connectivity index (χ1n) is 7.62. The fourth-order valence-corrected chi connectivity index (χ4v) is 3.43. The van der Waals surface area contributed by atoms with Crippen molar-refractivity contribution in [3.63, 3.8) is 0 Å². The number of carbonyl (C=O) groups excluding carboxylic acids is 1. The van der Waals surface area contributed by atoms with Crippen LogP contribution in [0.25, 0.3) is 11.3 Å². The molecule has 0 aliphatic rings. The lowest BCUT2D eigenvalue weighted by atomic mass is 10.1. The van der Waals surface area contributed by atoms with Gasteiger partial charge in [-0.15, -0.1) is 11.3 Å². The summed E-state index contributed by atoms with van der Waals surface area (Å²) < 4.78 is 35.4. The third kappa shape index (κ3) is 4.61. The predicted octanol–water partition coefficient (Wildman–Crippen LogP) is 5.43. The SMILES string of the molecule is COc1ccc(Br)c(C(=O)Nc2nc(-c3ccccc3OC(F)F)cs2)c1. The van der Waals surface area contributed by atoms with E-state index < -0.39 is 6.61 Å². The minimum absolute atomic E-state index is 0.0196. The van der Waals surface area contributed by atoms with Gasteiger partial charge < -0.3 is 9.47 Å². The van der Waals surface area contributed by atoms with Crippen LogP contribution in [0, 0.1) is 0 Å². The Morgan fingerprint density at radius 2 is 2.04 bits per heavy atom. The molecule has 0 radical (unpaired) electrons. The zero-order valence-electron chi connectivity index (χ0n) is 13.9. The highest BCUT2D eigenvalue weighted by molar-refractivity contribution is 9.10. The first-order valence-corrected chi connectivity index (χ1v) is 9.30. The van der Waals surface area contributed by atoms with Gasteiger partial charge in [-0.25, -0.2) is 4.98 Å². The minimum Gasteiger partial charge on any atom is -0.497 e. The van der Waals surface area contributed by atoms with E-state index in [0.717, 1.165) is 0 Å². The number of carbonyl (C=O) groups is 1. The average molecular weight is 455 g/mol. The molecular weight excluding hydrogens is 442 g/mol. The molecule has 3 aromatic rings. The van der Waals surface area contributed by atoms with Crippen LogP contribution in [-0.4, -0.2) is 24.6 Å². The summed E-state index contributed by atoms with van der Waals surface area (Å²) >= 11 is 4.51. The van der Waals surface area contributed by atoms with Gasteiger partial charge in [-0.1, -0.05) is 12.1 Å². The van der Waals surface area contributed by atoms with E-state index in [1.54, 1.807) is 41.8 Å². The zero-order valence-corrected chi connectivity index (χ0v) is 16.3. The summed E-state index contributed by atoms with van der Waals surface area (Å²) in [5, 5.41) is 4.68. The number of alkyl halides is 2. The van der Waals surface area contributed by atoms with E-state index in [4.69, 9.17) is 4.74 Å². The van der Waals surface area contributed by atoms with Crippen molar-refractivity contribution in [3.8, 4) is 22.8 Å². The van der Waals surface area contributed by atoms with Crippen molar-refractivity contribution < 1.29 is 23.0 Å². The van der Waals surface area contributed by atoms with E-state index in [2.05, 4.69) is 31.0 Å². The van der Waals surface area contributed by atoms with Crippen LogP contribution in [0.5, 0.6) is 11.5 Å². The number of benzene rings is 2. The van der Waals surface area contributed by atoms with Gasteiger partial charge in [-0.2, -0.15) is 8.78 Å². The summed E-state index contributed by atoms with van der Waals surface area (Å²) in [6.07, 6.45) is 0. The summed E-state index contributed by atoms with van der Waals surface area (Å²) in [6, 6.07) is 11.4. The Hall–Kier alpha value is -2.52. The van der Waals surface area contributed by atoms with Gasteiger partial charge in [0.1, 0.15) is 11.5 Å². The van der Waals surface area contributed by atoms with Crippen molar-refractivity contribution in [1.82, 2.24) is 4.98 Å². The van der Waals surface area contributed by atoms with Gasteiger partial charge in [0.25, 0.3) is 5.91 Å². The standard InChI is InChI=1S/C18H13BrF2N2O3S/c1-25-10-6-7-13(19)12(8-10)16(24)23-18-22-14(9-27-18)11-4-2-3-5-15(11)26-17(20)21/h2-9,17H,1H3,(H,22,23,24). The number of nitrogens with one attached hydrogen (secondary N) is 1. The van der Waals surface area contributed by atoms with Crippen LogP contribution in [0.15, 0.2) is 52.3 Å². The Labute approximate surface area is 166 Å². The molecule has 1 amide bonds. The Bertz CT molecular complexity index is 965. The average Bonchev–Trinajstić information content (AvgIpc) is 3.10. The number of methoxy groups -OCH3 is 1. The van der Waals surface area contributed by atoms with Gasteiger partial charge in [0, 0.05) is 15.4 Å². The summed E-state index contributed by atoms with van der Waals surface area (Å²) in [4.78, 5) is 16.8. The van der Waals surface area contributed by atoms with Crippen molar-refractivity contribution in [2.45, 2.75) is 6.61 Å². The van der Waals surface area contributed by atoms with E-state index in [-0.39, 0.29) is 11.7 Å². The van der Waals surface area contributed by atoms with Crippen molar-refractivity contribution >= 4 is 38.3 Å². The lowest BCUT2D eigenvalue weighted by molar-refractivity contribution is -0.0494. The van der Waals surface area contributed by atoms with E-state index in [1.807, 2.05) is 0 Å². The normalized spacial score (nSPS) is 10.7. The second kappa shape index (κ2) is 8.45. The molecule has 0 saturated carbocycles. The third-order valence-corrected chi connectivity index (χ3v) is 4.97. The van der Waals surface area contributed by atoms with Crippen LogP contribution in [-0.2, 0) is 0 Å². The molecule has 0 atom stereocenters. The number of halogens is 3. The third-order valence-electron chi connectivity index (χ3n) is 3.52. The second-order valence-electron chi connectivity index (χ2n) is 5.21. The van der Waals surface area contributed by atoms with Crippen LogP contribution in [0.4, 0.5) is 13.9 Å². The molecule has 0 spiro atoms. The van der Waals surface area contributed by atoms with Gasteiger partial charge in [0.2, 0.25) is 0 Å². The van der Waals surface area contributed by atoms with Crippen molar-refractivity contribution in [1.29, 1.82) is 0 Å². The molecule has 0 unspecified atom stereocenters. The molecule has 27 heavy (non-hydrogen) atoms. The molecule has 0 bridgehead atoms. The predicted molar refractivity (Wildman–Crippen MR) is 103 cm³/mol. The Balaban J connectivity index is 1.82. The fourth-order valence-electron chi connectivity index (χ4n) is 2.30. The molecule has 1 aromatic heterocycles. The smallest absolute Gasteiger partial charge is 0.387 e. The fraction of sp³-hybridized carbons (Fsp3) is 0.111. The number of amides is 1. The summed E-state index contributed by atoms with van der Waals surface area (Å²) in [5.41, 5.74) is 1.22.